The summed E-state index contributed by atoms with van der Waals surface area (Å²) >= 11 is 0. The third-order valence-corrected chi connectivity index (χ3v) is 3.79. The summed E-state index contributed by atoms with van der Waals surface area (Å²) in [7, 11) is 3.64. The lowest BCUT2D eigenvalue weighted by atomic mass is 10.0. The summed E-state index contributed by atoms with van der Waals surface area (Å²) < 4.78 is 0. The van der Waals surface area contributed by atoms with Crippen LogP contribution < -0.4 is 21.7 Å². The van der Waals surface area contributed by atoms with Crippen molar-refractivity contribution in [1.29, 1.82) is 0 Å². The highest BCUT2D eigenvalue weighted by atomic mass is 16.2. The Morgan fingerprint density at radius 2 is 1.65 bits per heavy atom. The SMILES string of the molecule is C/C=C(\CC(C)=C(NC)NC)C(=O)NC/C(C(N)=O)=C(\C)CC. The average molecular weight is 322 g/mol. The first-order chi connectivity index (χ1) is 10.8. The zero-order chi connectivity index (χ0) is 18.0. The van der Waals surface area contributed by atoms with E-state index in [1.54, 1.807) is 6.08 Å². The second kappa shape index (κ2) is 10.5. The number of amides is 2. The summed E-state index contributed by atoms with van der Waals surface area (Å²) in [6.07, 6.45) is 3.02. The van der Waals surface area contributed by atoms with Gasteiger partial charge in [-0.15, -0.1) is 0 Å². The molecule has 0 saturated carbocycles. The maximum absolute atomic E-state index is 12.3. The Labute approximate surface area is 139 Å². The molecule has 0 aliphatic rings. The van der Waals surface area contributed by atoms with E-state index < -0.39 is 5.91 Å². The van der Waals surface area contributed by atoms with E-state index in [2.05, 4.69) is 16.0 Å². The Bertz CT molecular complexity index is 525. The molecule has 0 bridgehead atoms. The molecule has 0 fully saturated rings. The van der Waals surface area contributed by atoms with Crippen LogP contribution in [-0.2, 0) is 9.59 Å². The number of hydrogen-bond acceptors (Lipinski definition) is 4. The van der Waals surface area contributed by atoms with Crippen LogP contribution in [0.2, 0.25) is 0 Å². The smallest absolute Gasteiger partial charge is 0.247 e. The Morgan fingerprint density at radius 1 is 1.09 bits per heavy atom. The zero-order valence-corrected chi connectivity index (χ0v) is 15.1. The second-order valence-electron chi connectivity index (χ2n) is 5.31. The molecule has 0 aliphatic heterocycles. The molecule has 130 valence electrons. The summed E-state index contributed by atoms with van der Waals surface area (Å²) in [6.45, 7) is 7.72. The largest absolute Gasteiger partial charge is 0.375 e. The number of nitrogens with one attached hydrogen (secondary N) is 3. The van der Waals surface area contributed by atoms with E-state index in [9.17, 15) is 9.59 Å². The molecule has 0 aromatic heterocycles. The molecule has 0 atom stereocenters. The third-order valence-electron chi connectivity index (χ3n) is 3.79. The van der Waals surface area contributed by atoms with Crippen molar-refractivity contribution in [3.63, 3.8) is 0 Å². The van der Waals surface area contributed by atoms with Gasteiger partial charge in [-0.2, -0.15) is 0 Å². The fraction of sp³-hybridized carbons (Fsp3) is 0.529. The first-order valence-electron chi connectivity index (χ1n) is 7.79. The molecule has 0 aromatic rings. The predicted octanol–water partition coefficient (Wildman–Crippen LogP) is 1.32. The molecule has 0 spiro atoms. The summed E-state index contributed by atoms with van der Waals surface area (Å²) in [6, 6.07) is 0. The van der Waals surface area contributed by atoms with E-state index in [1.165, 1.54) is 0 Å². The van der Waals surface area contributed by atoms with Crippen LogP contribution >= 0.6 is 0 Å². The van der Waals surface area contributed by atoms with Gasteiger partial charge in [0.05, 0.1) is 5.82 Å². The molecule has 6 heteroatoms. The number of allylic oxidation sites excluding steroid dienone is 3. The molecule has 0 saturated heterocycles. The van der Waals surface area contributed by atoms with Crippen molar-refractivity contribution in [2.75, 3.05) is 20.6 Å². The van der Waals surface area contributed by atoms with Crippen molar-refractivity contribution in [3.05, 3.63) is 34.2 Å². The van der Waals surface area contributed by atoms with E-state index in [4.69, 9.17) is 5.73 Å². The van der Waals surface area contributed by atoms with Crippen molar-refractivity contribution in [1.82, 2.24) is 16.0 Å². The van der Waals surface area contributed by atoms with Crippen LogP contribution in [0.1, 0.15) is 40.5 Å². The molecule has 6 nitrogen and oxygen atoms in total. The first-order valence-corrected chi connectivity index (χ1v) is 7.79. The Balaban J connectivity index is 5.02. The summed E-state index contributed by atoms with van der Waals surface area (Å²) in [4.78, 5) is 23.8. The zero-order valence-electron chi connectivity index (χ0n) is 15.1. The van der Waals surface area contributed by atoms with Crippen molar-refractivity contribution < 1.29 is 9.59 Å². The molecule has 5 N–H and O–H groups in total. The van der Waals surface area contributed by atoms with E-state index in [1.807, 2.05) is 41.8 Å². The molecule has 0 aliphatic carbocycles. The lowest BCUT2D eigenvalue weighted by molar-refractivity contribution is -0.117. The van der Waals surface area contributed by atoms with Crippen LogP contribution in [-0.4, -0.2) is 32.5 Å². The van der Waals surface area contributed by atoms with Gasteiger partial charge in [-0.3, -0.25) is 9.59 Å². The fourth-order valence-electron chi connectivity index (χ4n) is 2.18. The van der Waals surface area contributed by atoms with E-state index in [-0.39, 0.29) is 12.5 Å². The highest BCUT2D eigenvalue weighted by Gasteiger charge is 2.14. The maximum atomic E-state index is 12.3. The van der Waals surface area contributed by atoms with Crippen LogP contribution in [0.25, 0.3) is 0 Å². The van der Waals surface area contributed by atoms with Gasteiger partial charge in [-0.25, -0.2) is 0 Å². The van der Waals surface area contributed by atoms with Gasteiger partial charge < -0.3 is 21.7 Å². The van der Waals surface area contributed by atoms with Crippen LogP contribution in [0.15, 0.2) is 34.2 Å². The van der Waals surface area contributed by atoms with Crippen LogP contribution in [0, 0.1) is 0 Å². The van der Waals surface area contributed by atoms with E-state index in [0.29, 0.717) is 17.6 Å². The molecule has 23 heavy (non-hydrogen) atoms. The minimum Gasteiger partial charge on any atom is -0.375 e. The molecule has 0 heterocycles. The fourth-order valence-corrected chi connectivity index (χ4v) is 2.18. The number of hydrogen-bond donors (Lipinski definition) is 4. The topological polar surface area (TPSA) is 96.2 Å². The van der Waals surface area contributed by atoms with Crippen LogP contribution in [0.5, 0.6) is 0 Å². The Morgan fingerprint density at radius 3 is 2.04 bits per heavy atom. The number of carbonyl (C=O) groups is 2. The highest BCUT2D eigenvalue weighted by molar-refractivity contribution is 5.97. The van der Waals surface area contributed by atoms with Gasteiger partial charge in [0.25, 0.3) is 0 Å². The van der Waals surface area contributed by atoms with Gasteiger partial charge in [0.15, 0.2) is 0 Å². The van der Waals surface area contributed by atoms with Gasteiger partial charge in [0, 0.05) is 38.2 Å². The molecule has 2 amide bonds. The quantitative estimate of drug-likeness (QED) is 0.481. The molecular formula is C17H30N4O2. The van der Waals surface area contributed by atoms with Crippen molar-refractivity contribution in [2.24, 2.45) is 5.73 Å². The minimum atomic E-state index is -0.490. The molecule has 0 radical (unpaired) electrons. The second-order valence-corrected chi connectivity index (χ2v) is 5.31. The Kier molecular flexibility index (Phi) is 9.46. The standard InChI is InChI=1S/C17H30N4O2/c1-7-11(3)14(15(18)22)10-21-17(23)13(8-2)9-12(4)16(19-5)20-6/h8,19-20H,7,9-10H2,1-6H3,(H2,18,22)(H,21,23)/b13-8+,14-11-. The molecule has 0 aromatic carbocycles. The number of rotatable bonds is 9. The van der Waals surface area contributed by atoms with E-state index >= 15 is 0 Å². The van der Waals surface area contributed by atoms with Crippen molar-refractivity contribution in [3.8, 4) is 0 Å². The van der Waals surface area contributed by atoms with Gasteiger partial charge in [-0.1, -0.05) is 18.6 Å². The van der Waals surface area contributed by atoms with Crippen molar-refractivity contribution in [2.45, 2.75) is 40.5 Å². The summed E-state index contributed by atoms with van der Waals surface area (Å²) in [5, 5.41) is 8.88. The maximum Gasteiger partial charge on any atom is 0.247 e. The van der Waals surface area contributed by atoms with Crippen molar-refractivity contribution >= 4 is 11.8 Å². The average Bonchev–Trinajstić information content (AvgIpc) is 2.52. The summed E-state index contributed by atoms with van der Waals surface area (Å²) in [5.74, 6) is 0.202. The lowest BCUT2D eigenvalue weighted by Gasteiger charge is -2.14. The number of nitrogens with two attached hydrogens (primary N) is 1. The normalized spacial score (nSPS) is 12.2. The van der Waals surface area contributed by atoms with Gasteiger partial charge in [0.1, 0.15) is 0 Å². The summed E-state index contributed by atoms with van der Waals surface area (Å²) in [5.41, 5.74) is 8.40. The number of carbonyl (C=O) groups excluding carboxylic acids is 2. The number of primary amides is 1. The van der Waals surface area contributed by atoms with Gasteiger partial charge in [0.2, 0.25) is 11.8 Å². The third kappa shape index (κ3) is 6.59. The van der Waals surface area contributed by atoms with Crippen LogP contribution in [0.4, 0.5) is 0 Å². The van der Waals surface area contributed by atoms with Gasteiger partial charge in [-0.05, 0) is 32.8 Å². The lowest BCUT2D eigenvalue weighted by Crippen LogP contribution is -2.32. The van der Waals surface area contributed by atoms with E-state index in [0.717, 1.165) is 23.4 Å². The predicted molar refractivity (Wildman–Crippen MR) is 94.4 cm³/mol. The molecule has 0 rings (SSSR count). The monoisotopic (exact) mass is 322 g/mol. The minimum absolute atomic E-state index is 0.152. The first kappa shape index (κ1) is 20.8. The Hall–Kier alpha value is -2.24. The van der Waals surface area contributed by atoms with Crippen LogP contribution in [0.3, 0.4) is 0 Å². The molecular weight excluding hydrogens is 292 g/mol. The van der Waals surface area contributed by atoms with Gasteiger partial charge >= 0.3 is 0 Å². The highest BCUT2D eigenvalue weighted by Crippen LogP contribution is 2.13. The molecule has 0 unspecified atom stereocenters.